The van der Waals surface area contributed by atoms with Gasteiger partial charge in [-0.25, -0.2) is 14.4 Å². The highest BCUT2D eigenvalue weighted by Crippen LogP contribution is 2.32. The lowest BCUT2D eigenvalue weighted by atomic mass is 10.0. The maximum atomic E-state index is 12.9. The number of fused-ring (bicyclic) bond motifs is 2. The Morgan fingerprint density at radius 3 is 2.19 bits per heavy atom. The van der Waals surface area contributed by atoms with Crippen molar-refractivity contribution >= 4 is 27.9 Å². The summed E-state index contributed by atoms with van der Waals surface area (Å²) in [6.45, 7) is 0. The largest absolute Gasteiger partial charge is 0.497 e. The van der Waals surface area contributed by atoms with Crippen LogP contribution < -0.4 is 30.2 Å². The molecular formula is C28H20O9. The second-order valence-electron chi connectivity index (χ2n) is 7.95. The van der Waals surface area contributed by atoms with E-state index in [1.807, 2.05) is 0 Å². The summed E-state index contributed by atoms with van der Waals surface area (Å²) in [5.41, 5.74) is -0.210. The van der Waals surface area contributed by atoms with E-state index < -0.39 is 17.2 Å². The predicted octanol–water partition coefficient (Wildman–Crippen LogP) is 4.81. The van der Waals surface area contributed by atoms with Gasteiger partial charge in [-0.1, -0.05) is 12.1 Å². The van der Waals surface area contributed by atoms with Crippen molar-refractivity contribution in [3.05, 3.63) is 93.1 Å². The first-order valence-corrected chi connectivity index (χ1v) is 11.0. The molecule has 9 heteroatoms. The second-order valence-corrected chi connectivity index (χ2v) is 7.95. The summed E-state index contributed by atoms with van der Waals surface area (Å²) >= 11 is 0. The van der Waals surface area contributed by atoms with Gasteiger partial charge in [0.2, 0.25) is 0 Å². The number of ether oxygens (including phenoxy) is 4. The Morgan fingerprint density at radius 2 is 1.49 bits per heavy atom. The summed E-state index contributed by atoms with van der Waals surface area (Å²) in [4.78, 5) is 38.1. The van der Waals surface area contributed by atoms with Gasteiger partial charge in [-0.15, -0.1) is 0 Å². The standard InChI is InChI=1S/C28H20O9/c1-32-18-9-16(10-19(12-18)33-2)27(30)35-17-7-8-20-21(14-25(29)36-24(20)13-17)22-11-15-5-4-6-23(34-3)26(15)37-28(22)31/h4-14H,1-3H3. The quantitative estimate of drug-likeness (QED) is 0.184. The number of para-hydroxylation sites is 1. The van der Waals surface area contributed by atoms with Crippen LogP contribution in [0.5, 0.6) is 23.0 Å². The Balaban J connectivity index is 1.56. The third kappa shape index (κ3) is 4.50. The van der Waals surface area contributed by atoms with Crippen LogP contribution in [0.2, 0.25) is 0 Å². The van der Waals surface area contributed by atoms with Crippen LogP contribution in [0.1, 0.15) is 10.4 Å². The highest BCUT2D eigenvalue weighted by Gasteiger charge is 2.17. The summed E-state index contributed by atoms with van der Waals surface area (Å²) in [6.07, 6.45) is 0. The number of benzene rings is 3. The number of esters is 1. The molecule has 0 fully saturated rings. The summed E-state index contributed by atoms with van der Waals surface area (Å²) in [5, 5.41) is 1.08. The highest BCUT2D eigenvalue weighted by molar-refractivity contribution is 5.97. The molecule has 0 aliphatic carbocycles. The SMILES string of the molecule is COc1cc(OC)cc(C(=O)Oc2ccc3c(-c4cc5cccc(OC)c5oc4=O)cc(=O)oc3c2)c1. The molecule has 0 amide bonds. The molecule has 9 nitrogen and oxygen atoms in total. The van der Waals surface area contributed by atoms with E-state index in [0.29, 0.717) is 39.2 Å². The maximum absolute atomic E-state index is 12.9. The molecule has 0 radical (unpaired) electrons. The summed E-state index contributed by atoms with van der Waals surface area (Å²) in [6, 6.07) is 17.2. The average Bonchev–Trinajstić information content (AvgIpc) is 2.91. The van der Waals surface area contributed by atoms with Gasteiger partial charge in [0.05, 0.1) is 32.5 Å². The van der Waals surface area contributed by atoms with Gasteiger partial charge in [-0.3, -0.25) is 0 Å². The van der Waals surface area contributed by atoms with Crippen LogP contribution in [-0.4, -0.2) is 27.3 Å². The minimum atomic E-state index is -0.686. The monoisotopic (exact) mass is 500 g/mol. The lowest BCUT2D eigenvalue weighted by molar-refractivity contribution is 0.0734. The average molecular weight is 500 g/mol. The van der Waals surface area contributed by atoms with E-state index in [9.17, 15) is 14.4 Å². The van der Waals surface area contributed by atoms with Gasteiger partial charge in [-0.05, 0) is 36.4 Å². The van der Waals surface area contributed by atoms with Crippen molar-refractivity contribution in [2.24, 2.45) is 0 Å². The van der Waals surface area contributed by atoms with Gasteiger partial charge < -0.3 is 27.8 Å². The number of carbonyl (C=O) groups excluding carboxylic acids is 1. The van der Waals surface area contributed by atoms with Gasteiger partial charge >= 0.3 is 17.2 Å². The fourth-order valence-corrected chi connectivity index (χ4v) is 3.99. The molecule has 37 heavy (non-hydrogen) atoms. The zero-order valence-electron chi connectivity index (χ0n) is 20.0. The van der Waals surface area contributed by atoms with Gasteiger partial charge in [0, 0.05) is 34.5 Å². The third-order valence-corrected chi connectivity index (χ3v) is 5.75. The first-order valence-electron chi connectivity index (χ1n) is 11.0. The van der Waals surface area contributed by atoms with E-state index in [1.54, 1.807) is 36.4 Å². The van der Waals surface area contributed by atoms with Crippen LogP contribution >= 0.6 is 0 Å². The van der Waals surface area contributed by atoms with Crippen LogP contribution in [0.3, 0.4) is 0 Å². The molecule has 0 saturated carbocycles. The molecular weight excluding hydrogens is 480 g/mol. The van der Waals surface area contributed by atoms with Crippen molar-refractivity contribution < 1.29 is 32.6 Å². The van der Waals surface area contributed by atoms with Crippen molar-refractivity contribution in [3.8, 4) is 34.1 Å². The van der Waals surface area contributed by atoms with Crippen molar-refractivity contribution in [3.63, 3.8) is 0 Å². The van der Waals surface area contributed by atoms with Crippen LogP contribution in [0.4, 0.5) is 0 Å². The molecule has 0 aliphatic rings. The Hall–Kier alpha value is -5.05. The van der Waals surface area contributed by atoms with E-state index in [0.717, 1.165) is 0 Å². The van der Waals surface area contributed by atoms with Gasteiger partial charge in [0.15, 0.2) is 11.3 Å². The van der Waals surface area contributed by atoms with Crippen LogP contribution in [-0.2, 0) is 0 Å². The Morgan fingerprint density at radius 1 is 0.730 bits per heavy atom. The zero-order chi connectivity index (χ0) is 26.1. The zero-order valence-corrected chi connectivity index (χ0v) is 20.0. The number of methoxy groups -OCH3 is 3. The first kappa shape index (κ1) is 23.7. The van der Waals surface area contributed by atoms with E-state index in [1.165, 1.54) is 51.7 Å². The molecule has 5 rings (SSSR count). The molecule has 0 atom stereocenters. The molecule has 0 spiro atoms. The molecule has 0 aliphatic heterocycles. The summed E-state index contributed by atoms with van der Waals surface area (Å²) in [7, 11) is 4.42. The summed E-state index contributed by atoms with van der Waals surface area (Å²) in [5.74, 6) is 0.729. The lowest BCUT2D eigenvalue weighted by Crippen LogP contribution is -2.09. The Labute approximate surface area is 209 Å². The Kier molecular flexibility index (Phi) is 6.10. The number of hydrogen-bond donors (Lipinski definition) is 0. The normalized spacial score (nSPS) is 10.9. The van der Waals surface area contributed by atoms with Gasteiger partial charge in [0.25, 0.3) is 0 Å². The van der Waals surface area contributed by atoms with E-state index in [-0.39, 0.29) is 22.5 Å². The number of carbonyl (C=O) groups is 1. The lowest BCUT2D eigenvalue weighted by Gasteiger charge is -2.10. The summed E-state index contributed by atoms with van der Waals surface area (Å²) < 4.78 is 32.0. The first-order chi connectivity index (χ1) is 17.9. The molecule has 2 heterocycles. The predicted molar refractivity (Wildman–Crippen MR) is 135 cm³/mol. The number of hydrogen-bond acceptors (Lipinski definition) is 9. The molecule has 186 valence electrons. The van der Waals surface area contributed by atoms with Gasteiger partial charge in [-0.2, -0.15) is 0 Å². The molecule has 0 bridgehead atoms. The maximum Gasteiger partial charge on any atom is 0.344 e. The smallest absolute Gasteiger partial charge is 0.344 e. The van der Waals surface area contributed by atoms with Crippen molar-refractivity contribution in [1.82, 2.24) is 0 Å². The molecule has 5 aromatic rings. The van der Waals surface area contributed by atoms with Crippen LogP contribution in [0, 0.1) is 0 Å². The van der Waals surface area contributed by atoms with Crippen LogP contribution in [0.15, 0.2) is 85.2 Å². The van der Waals surface area contributed by atoms with E-state index in [2.05, 4.69) is 0 Å². The molecule has 0 unspecified atom stereocenters. The van der Waals surface area contributed by atoms with Crippen molar-refractivity contribution in [1.29, 1.82) is 0 Å². The second kappa shape index (κ2) is 9.54. The van der Waals surface area contributed by atoms with Crippen LogP contribution in [0.25, 0.3) is 33.1 Å². The van der Waals surface area contributed by atoms with E-state index in [4.69, 9.17) is 27.8 Å². The highest BCUT2D eigenvalue weighted by atomic mass is 16.5. The fraction of sp³-hybridized carbons (Fsp3) is 0.107. The van der Waals surface area contributed by atoms with Crippen molar-refractivity contribution in [2.45, 2.75) is 0 Å². The fourth-order valence-electron chi connectivity index (χ4n) is 3.99. The van der Waals surface area contributed by atoms with Crippen molar-refractivity contribution in [2.75, 3.05) is 21.3 Å². The molecule has 2 aromatic heterocycles. The molecule has 3 aromatic carbocycles. The van der Waals surface area contributed by atoms with E-state index >= 15 is 0 Å². The Bertz CT molecular complexity index is 1760. The molecule has 0 saturated heterocycles. The number of rotatable bonds is 6. The minimum Gasteiger partial charge on any atom is -0.497 e. The molecule has 0 N–H and O–H groups in total. The minimum absolute atomic E-state index is 0.126. The van der Waals surface area contributed by atoms with Gasteiger partial charge in [0.1, 0.15) is 22.8 Å². The topological polar surface area (TPSA) is 114 Å². The third-order valence-electron chi connectivity index (χ3n) is 5.75.